The summed E-state index contributed by atoms with van der Waals surface area (Å²) in [6, 6.07) is 16.8. The van der Waals surface area contributed by atoms with Gasteiger partial charge in [0, 0.05) is 17.6 Å². The molecule has 1 fully saturated rings. The van der Waals surface area contributed by atoms with Crippen molar-refractivity contribution < 1.29 is 9.18 Å². The molecular formula is C24H27FN4O. The number of carbonyl (C=O) groups is 1. The summed E-state index contributed by atoms with van der Waals surface area (Å²) in [6.07, 6.45) is 2.08. The van der Waals surface area contributed by atoms with E-state index in [0.29, 0.717) is 11.6 Å². The standard InChI is InChI=1S/C24H27FN4O/c1-16-24(18(3)29(27-16)20-9-5-4-6-10-20)26-23(30)15-28(19-13-14-19)17(2)21-11-7-8-12-22(21)25/h4-12,17,19H,13-15H2,1-3H3,(H,26,30)/t17-/m1/s1. The van der Waals surface area contributed by atoms with Crippen LogP contribution in [0.4, 0.5) is 10.1 Å². The molecule has 4 rings (SSSR count). The Labute approximate surface area is 176 Å². The lowest BCUT2D eigenvalue weighted by Gasteiger charge is -2.29. The third-order valence-electron chi connectivity index (χ3n) is 5.75. The second-order valence-corrected chi connectivity index (χ2v) is 7.94. The second-order valence-electron chi connectivity index (χ2n) is 7.94. The highest BCUT2D eigenvalue weighted by Crippen LogP contribution is 2.35. The van der Waals surface area contributed by atoms with Crippen molar-refractivity contribution in [2.45, 2.75) is 45.7 Å². The number of nitrogens with zero attached hydrogens (tertiary/aromatic N) is 3. The minimum atomic E-state index is -0.230. The van der Waals surface area contributed by atoms with Crippen LogP contribution >= 0.6 is 0 Å². The molecule has 0 spiro atoms. The van der Waals surface area contributed by atoms with E-state index in [9.17, 15) is 9.18 Å². The first-order valence-electron chi connectivity index (χ1n) is 10.4. The van der Waals surface area contributed by atoms with Crippen molar-refractivity contribution in [2.75, 3.05) is 11.9 Å². The quantitative estimate of drug-likeness (QED) is 0.614. The summed E-state index contributed by atoms with van der Waals surface area (Å²) in [4.78, 5) is 15.0. The molecule has 1 amide bonds. The summed E-state index contributed by atoms with van der Waals surface area (Å²) in [5.74, 6) is -0.337. The molecule has 1 heterocycles. The van der Waals surface area contributed by atoms with E-state index in [2.05, 4.69) is 15.3 Å². The monoisotopic (exact) mass is 406 g/mol. The molecule has 0 radical (unpaired) electrons. The largest absolute Gasteiger partial charge is 0.322 e. The van der Waals surface area contributed by atoms with Crippen LogP contribution in [0, 0.1) is 19.7 Å². The van der Waals surface area contributed by atoms with Crippen LogP contribution in [0.2, 0.25) is 0 Å². The van der Waals surface area contributed by atoms with E-state index in [1.807, 2.05) is 61.9 Å². The van der Waals surface area contributed by atoms with E-state index in [-0.39, 0.29) is 24.3 Å². The molecular weight excluding hydrogens is 379 g/mol. The Morgan fingerprint density at radius 1 is 1.17 bits per heavy atom. The molecule has 30 heavy (non-hydrogen) atoms. The highest BCUT2D eigenvalue weighted by atomic mass is 19.1. The lowest BCUT2D eigenvalue weighted by atomic mass is 10.1. The van der Waals surface area contributed by atoms with E-state index >= 15 is 0 Å². The third-order valence-corrected chi connectivity index (χ3v) is 5.75. The molecule has 3 aromatic rings. The average molecular weight is 407 g/mol. The zero-order chi connectivity index (χ0) is 21.3. The van der Waals surface area contributed by atoms with Gasteiger partial charge in [-0.3, -0.25) is 9.69 Å². The number of anilines is 1. The molecule has 1 aliphatic rings. The lowest BCUT2D eigenvalue weighted by Crippen LogP contribution is -2.37. The van der Waals surface area contributed by atoms with Crippen molar-refractivity contribution in [1.82, 2.24) is 14.7 Å². The predicted molar refractivity (Wildman–Crippen MR) is 116 cm³/mol. The van der Waals surface area contributed by atoms with Gasteiger partial charge in [-0.25, -0.2) is 9.07 Å². The van der Waals surface area contributed by atoms with Gasteiger partial charge in [-0.2, -0.15) is 5.10 Å². The smallest absolute Gasteiger partial charge is 0.238 e. The van der Waals surface area contributed by atoms with Gasteiger partial charge < -0.3 is 5.32 Å². The number of hydrogen-bond donors (Lipinski definition) is 1. The van der Waals surface area contributed by atoms with E-state index in [0.717, 1.165) is 35.6 Å². The number of aryl methyl sites for hydroxylation is 1. The summed E-state index contributed by atoms with van der Waals surface area (Å²) >= 11 is 0. The fourth-order valence-corrected chi connectivity index (χ4v) is 3.97. The Morgan fingerprint density at radius 3 is 2.50 bits per heavy atom. The SMILES string of the molecule is Cc1nn(-c2ccccc2)c(C)c1NC(=O)CN(C1CC1)[C@H](C)c1ccccc1F. The van der Waals surface area contributed by atoms with E-state index in [1.165, 1.54) is 6.07 Å². The van der Waals surface area contributed by atoms with Crippen LogP contribution < -0.4 is 5.32 Å². The number of benzene rings is 2. The van der Waals surface area contributed by atoms with Crippen molar-refractivity contribution in [2.24, 2.45) is 0 Å². The molecule has 2 aromatic carbocycles. The molecule has 0 saturated heterocycles. The van der Waals surface area contributed by atoms with Gasteiger partial charge in [0.1, 0.15) is 5.82 Å². The van der Waals surface area contributed by atoms with Crippen molar-refractivity contribution in [3.63, 3.8) is 0 Å². The molecule has 1 saturated carbocycles. The highest BCUT2D eigenvalue weighted by molar-refractivity contribution is 5.93. The van der Waals surface area contributed by atoms with E-state index in [1.54, 1.807) is 12.1 Å². The number of rotatable bonds is 7. The molecule has 5 nitrogen and oxygen atoms in total. The molecule has 0 aliphatic heterocycles. The van der Waals surface area contributed by atoms with Crippen molar-refractivity contribution in [3.05, 3.63) is 77.4 Å². The first-order chi connectivity index (χ1) is 14.5. The van der Waals surface area contributed by atoms with E-state index < -0.39 is 0 Å². The van der Waals surface area contributed by atoms with Gasteiger partial charge in [0.2, 0.25) is 5.91 Å². The van der Waals surface area contributed by atoms with Crippen molar-refractivity contribution >= 4 is 11.6 Å². The highest BCUT2D eigenvalue weighted by Gasteiger charge is 2.35. The Morgan fingerprint density at radius 2 is 1.83 bits per heavy atom. The first kappa shape index (κ1) is 20.3. The topological polar surface area (TPSA) is 50.2 Å². The maximum Gasteiger partial charge on any atom is 0.238 e. The van der Waals surface area contributed by atoms with Gasteiger partial charge >= 0.3 is 0 Å². The molecule has 0 unspecified atom stereocenters. The predicted octanol–water partition coefficient (Wildman–Crippen LogP) is 4.79. The number of amides is 1. The van der Waals surface area contributed by atoms with Gasteiger partial charge in [-0.15, -0.1) is 0 Å². The Balaban J connectivity index is 1.51. The van der Waals surface area contributed by atoms with Gasteiger partial charge in [0.05, 0.1) is 29.3 Å². The number of carbonyl (C=O) groups excluding carboxylic acids is 1. The molecule has 1 aromatic heterocycles. The van der Waals surface area contributed by atoms with Crippen LogP contribution in [0.25, 0.3) is 5.69 Å². The molecule has 156 valence electrons. The van der Waals surface area contributed by atoms with Crippen LogP contribution in [-0.2, 0) is 4.79 Å². The molecule has 6 heteroatoms. The van der Waals surface area contributed by atoms with Crippen LogP contribution in [0.5, 0.6) is 0 Å². The fourth-order valence-electron chi connectivity index (χ4n) is 3.97. The summed E-state index contributed by atoms with van der Waals surface area (Å²) in [6.45, 7) is 6.02. The van der Waals surface area contributed by atoms with Gasteiger partial charge in [-0.05, 0) is 51.8 Å². The lowest BCUT2D eigenvalue weighted by molar-refractivity contribution is -0.118. The minimum Gasteiger partial charge on any atom is -0.322 e. The summed E-state index contributed by atoms with van der Waals surface area (Å²) in [5, 5.41) is 7.64. The summed E-state index contributed by atoms with van der Waals surface area (Å²) in [5.41, 5.74) is 3.96. The molecule has 1 atom stereocenters. The molecule has 0 bridgehead atoms. The maximum absolute atomic E-state index is 14.3. The zero-order valence-electron chi connectivity index (χ0n) is 17.6. The molecule has 1 aliphatic carbocycles. The third kappa shape index (κ3) is 4.14. The number of halogens is 1. The minimum absolute atomic E-state index is 0.107. The van der Waals surface area contributed by atoms with Crippen LogP contribution in [0.15, 0.2) is 54.6 Å². The summed E-state index contributed by atoms with van der Waals surface area (Å²) in [7, 11) is 0. The zero-order valence-corrected chi connectivity index (χ0v) is 17.6. The average Bonchev–Trinajstić information content (AvgIpc) is 3.55. The number of nitrogens with one attached hydrogen (secondary N) is 1. The van der Waals surface area contributed by atoms with Crippen LogP contribution in [0.1, 0.15) is 42.8 Å². The number of para-hydroxylation sites is 1. The Bertz CT molecular complexity index is 1040. The molecule has 1 N–H and O–H groups in total. The maximum atomic E-state index is 14.3. The number of aromatic nitrogens is 2. The van der Waals surface area contributed by atoms with Crippen LogP contribution in [0.3, 0.4) is 0 Å². The van der Waals surface area contributed by atoms with Gasteiger partial charge in [-0.1, -0.05) is 36.4 Å². The second kappa shape index (κ2) is 8.40. The first-order valence-corrected chi connectivity index (χ1v) is 10.4. The Hall–Kier alpha value is -2.99. The van der Waals surface area contributed by atoms with Gasteiger partial charge in [0.15, 0.2) is 0 Å². The normalized spacial score (nSPS) is 14.7. The Kier molecular flexibility index (Phi) is 5.68. The van der Waals surface area contributed by atoms with Crippen molar-refractivity contribution in [1.29, 1.82) is 0 Å². The number of hydrogen-bond acceptors (Lipinski definition) is 3. The van der Waals surface area contributed by atoms with E-state index in [4.69, 9.17) is 0 Å². The fraction of sp³-hybridized carbons (Fsp3) is 0.333. The van der Waals surface area contributed by atoms with Gasteiger partial charge in [0.25, 0.3) is 0 Å². The van der Waals surface area contributed by atoms with Crippen LogP contribution in [-0.4, -0.2) is 33.2 Å². The summed E-state index contributed by atoms with van der Waals surface area (Å²) < 4.78 is 16.1. The van der Waals surface area contributed by atoms with Crippen molar-refractivity contribution in [3.8, 4) is 5.69 Å².